The van der Waals surface area contributed by atoms with Crippen LogP contribution in [0.2, 0.25) is 0 Å². The molecule has 0 bridgehead atoms. The van der Waals surface area contributed by atoms with E-state index in [0.29, 0.717) is 11.6 Å². The molecule has 7 nitrogen and oxygen atoms in total. The minimum Gasteiger partial charge on any atom is -0.444 e. The number of anilines is 1. The lowest BCUT2D eigenvalue weighted by Gasteiger charge is -2.19. The zero-order valence-corrected chi connectivity index (χ0v) is 17.4. The van der Waals surface area contributed by atoms with Crippen molar-refractivity contribution < 1.29 is 19.1 Å². The zero-order chi connectivity index (χ0) is 21.3. The lowest BCUT2D eigenvalue weighted by Crippen LogP contribution is -2.39. The number of allylic oxidation sites excluding steroid dienone is 1. The van der Waals surface area contributed by atoms with Gasteiger partial charge >= 0.3 is 6.09 Å². The van der Waals surface area contributed by atoms with Gasteiger partial charge in [-0.05, 0) is 63.3 Å². The van der Waals surface area contributed by atoms with Crippen molar-refractivity contribution in [3.63, 3.8) is 0 Å². The van der Waals surface area contributed by atoms with Gasteiger partial charge in [-0.25, -0.2) is 4.79 Å². The first-order valence-corrected chi connectivity index (χ1v) is 10.0. The fourth-order valence-electron chi connectivity index (χ4n) is 3.05. The molecule has 1 saturated carbocycles. The van der Waals surface area contributed by atoms with Crippen LogP contribution in [0.5, 0.6) is 0 Å². The second-order valence-electron chi connectivity index (χ2n) is 8.23. The molecule has 3 amide bonds. The highest BCUT2D eigenvalue weighted by Crippen LogP contribution is 2.25. The number of carbonyl (C=O) groups excluding carboxylic acids is 3. The van der Waals surface area contributed by atoms with Crippen molar-refractivity contribution in [1.82, 2.24) is 10.6 Å². The smallest absolute Gasteiger partial charge is 0.408 e. The third-order valence-electron chi connectivity index (χ3n) is 4.40. The summed E-state index contributed by atoms with van der Waals surface area (Å²) in [7, 11) is 0. The molecule has 0 aliphatic heterocycles. The van der Waals surface area contributed by atoms with E-state index >= 15 is 0 Å². The highest BCUT2D eigenvalue weighted by atomic mass is 16.6. The third kappa shape index (κ3) is 9.27. The molecule has 0 spiro atoms. The van der Waals surface area contributed by atoms with Gasteiger partial charge < -0.3 is 20.7 Å². The maximum Gasteiger partial charge on any atom is 0.408 e. The molecule has 0 atom stereocenters. The first-order chi connectivity index (χ1) is 13.7. The van der Waals surface area contributed by atoms with Gasteiger partial charge in [-0.2, -0.15) is 0 Å². The molecule has 1 aromatic rings. The van der Waals surface area contributed by atoms with Crippen molar-refractivity contribution in [3.8, 4) is 0 Å². The first-order valence-electron chi connectivity index (χ1n) is 10.0. The molecule has 0 unspecified atom stereocenters. The monoisotopic (exact) mass is 401 g/mol. The molecule has 1 fully saturated rings. The molecule has 0 heterocycles. The Morgan fingerprint density at radius 3 is 2.55 bits per heavy atom. The summed E-state index contributed by atoms with van der Waals surface area (Å²) in [6.07, 6.45) is 7.73. The Hall–Kier alpha value is -2.83. The van der Waals surface area contributed by atoms with Crippen molar-refractivity contribution >= 4 is 23.6 Å². The Labute approximate surface area is 172 Å². The molecular formula is C22H31N3O4. The third-order valence-corrected chi connectivity index (χ3v) is 4.40. The van der Waals surface area contributed by atoms with Crippen molar-refractivity contribution in [2.45, 2.75) is 58.6 Å². The zero-order valence-electron chi connectivity index (χ0n) is 17.4. The van der Waals surface area contributed by atoms with Gasteiger partial charge in [-0.15, -0.1) is 0 Å². The Morgan fingerprint density at radius 2 is 1.86 bits per heavy atom. The van der Waals surface area contributed by atoms with Crippen LogP contribution >= 0.6 is 0 Å². The molecule has 158 valence electrons. The average Bonchev–Trinajstić information content (AvgIpc) is 3.15. The quantitative estimate of drug-likeness (QED) is 0.609. The average molecular weight is 402 g/mol. The largest absolute Gasteiger partial charge is 0.444 e. The molecule has 7 heteroatoms. The van der Waals surface area contributed by atoms with Crippen LogP contribution in [0, 0.1) is 5.92 Å². The van der Waals surface area contributed by atoms with E-state index in [4.69, 9.17) is 4.74 Å². The maximum atomic E-state index is 12.1. The van der Waals surface area contributed by atoms with E-state index < -0.39 is 11.7 Å². The molecule has 2 rings (SSSR count). The van der Waals surface area contributed by atoms with Gasteiger partial charge in [0.2, 0.25) is 11.8 Å². The summed E-state index contributed by atoms with van der Waals surface area (Å²) in [6, 6.07) is 7.28. The van der Waals surface area contributed by atoms with E-state index in [1.807, 2.05) is 24.3 Å². The van der Waals surface area contributed by atoms with Gasteiger partial charge in [-0.1, -0.05) is 31.1 Å². The number of nitrogens with one attached hydrogen (secondary N) is 3. The second kappa shape index (κ2) is 10.6. The van der Waals surface area contributed by atoms with E-state index in [-0.39, 0.29) is 24.9 Å². The number of benzene rings is 1. The van der Waals surface area contributed by atoms with E-state index in [1.54, 1.807) is 32.9 Å². The molecule has 29 heavy (non-hydrogen) atoms. The minimum absolute atomic E-state index is 0.153. The van der Waals surface area contributed by atoms with Crippen LogP contribution in [0.3, 0.4) is 0 Å². The van der Waals surface area contributed by atoms with Gasteiger partial charge in [0.05, 0.1) is 0 Å². The number of carbonyl (C=O) groups is 3. The first kappa shape index (κ1) is 22.5. The van der Waals surface area contributed by atoms with Crippen LogP contribution < -0.4 is 16.0 Å². The van der Waals surface area contributed by atoms with Crippen molar-refractivity contribution in [2.24, 2.45) is 5.92 Å². The second-order valence-corrected chi connectivity index (χ2v) is 8.23. The molecule has 1 aliphatic rings. The summed E-state index contributed by atoms with van der Waals surface area (Å²) in [5, 5.41) is 7.98. The number of alkyl carbamates (subject to hydrolysis) is 1. The molecule has 1 aromatic carbocycles. The number of ether oxygens (including phenoxy) is 1. The highest BCUT2D eigenvalue weighted by molar-refractivity contribution is 5.99. The van der Waals surface area contributed by atoms with Crippen molar-refractivity contribution in [1.29, 1.82) is 0 Å². The Balaban J connectivity index is 1.75. The number of rotatable bonds is 7. The van der Waals surface area contributed by atoms with Crippen LogP contribution in [-0.2, 0) is 20.9 Å². The lowest BCUT2D eigenvalue weighted by atomic mass is 10.1. The summed E-state index contributed by atoms with van der Waals surface area (Å²) >= 11 is 0. The maximum absolute atomic E-state index is 12.1. The normalized spacial score (nSPS) is 14.6. The van der Waals surface area contributed by atoms with E-state index in [1.165, 1.54) is 12.8 Å². The SMILES string of the molecule is CC(C)(C)OC(=O)NCC(=O)NCc1cccc(NC(=O)/C=C/C2CCCC2)c1. The summed E-state index contributed by atoms with van der Waals surface area (Å²) in [4.78, 5) is 35.5. The van der Waals surface area contributed by atoms with E-state index in [0.717, 1.165) is 18.4 Å². The van der Waals surface area contributed by atoms with Crippen LogP contribution in [0.25, 0.3) is 0 Å². The van der Waals surface area contributed by atoms with E-state index in [9.17, 15) is 14.4 Å². The number of amides is 3. The molecule has 1 aliphatic carbocycles. The highest BCUT2D eigenvalue weighted by Gasteiger charge is 2.16. The molecule has 0 aromatic heterocycles. The Kier molecular flexibility index (Phi) is 8.24. The molecule has 0 radical (unpaired) electrons. The van der Waals surface area contributed by atoms with E-state index in [2.05, 4.69) is 16.0 Å². The fraction of sp³-hybridized carbons (Fsp3) is 0.500. The lowest BCUT2D eigenvalue weighted by molar-refractivity contribution is -0.120. The predicted octanol–water partition coefficient (Wildman–Crippen LogP) is 3.51. The Bertz CT molecular complexity index is 747. The van der Waals surface area contributed by atoms with Crippen LogP contribution in [0.15, 0.2) is 36.4 Å². The van der Waals surface area contributed by atoms with Crippen LogP contribution in [-0.4, -0.2) is 30.1 Å². The van der Waals surface area contributed by atoms with Crippen LogP contribution in [0.4, 0.5) is 10.5 Å². The number of hydrogen-bond donors (Lipinski definition) is 3. The van der Waals surface area contributed by atoms with Crippen molar-refractivity contribution in [2.75, 3.05) is 11.9 Å². The summed E-state index contributed by atoms with van der Waals surface area (Å²) < 4.78 is 5.08. The summed E-state index contributed by atoms with van der Waals surface area (Å²) in [6.45, 7) is 5.38. The summed E-state index contributed by atoms with van der Waals surface area (Å²) in [5.74, 6) is 0.0287. The topological polar surface area (TPSA) is 96.5 Å². The minimum atomic E-state index is -0.636. The fourth-order valence-corrected chi connectivity index (χ4v) is 3.05. The van der Waals surface area contributed by atoms with Gasteiger partial charge in [0, 0.05) is 12.2 Å². The Morgan fingerprint density at radius 1 is 1.14 bits per heavy atom. The summed E-state index contributed by atoms with van der Waals surface area (Å²) in [5.41, 5.74) is 0.899. The predicted molar refractivity (Wildman–Crippen MR) is 112 cm³/mol. The molecule has 3 N–H and O–H groups in total. The standard InChI is InChI=1S/C22H31N3O4/c1-22(2,3)29-21(28)24-15-20(27)23-14-17-9-6-10-18(13-17)25-19(26)12-11-16-7-4-5-8-16/h6,9-13,16H,4-5,7-8,14-15H2,1-3H3,(H,23,27)(H,24,28)(H,25,26)/b12-11+. The van der Waals surface area contributed by atoms with Gasteiger partial charge in [0.15, 0.2) is 0 Å². The molecule has 0 saturated heterocycles. The van der Waals surface area contributed by atoms with Crippen LogP contribution in [0.1, 0.15) is 52.0 Å². The molecular weight excluding hydrogens is 370 g/mol. The van der Waals surface area contributed by atoms with Crippen molar-refractivity contribution in [3.05, 3.63) is 42.0 Å². The van der Waals surface area contributed by atoms with Gasteiger partial charge in [-0.3, -0.25) is 9.59 Å². The number of hydrogen-bond acceptors (Lipinski definition) is 4. The van der Waals surface area contributed by atoms with Gasteiger partial charge in [0.1, 0.15) is 12.1 Å². The van der Waals surface area contributed by atoms with Gasteiger partial charge in [0.25, 0.3) is 0 Å².